The first-order chi connectivity index (χ1) is 24.6. The normalized spacial score (nSPS) is 13.8. The van der Waals surface area contributed by atoms with Crippen molar-refractivity contribution in [2.45, 2.75) is 142 Å². The first-order valence-electron chi connectivity index (χ1n) is 19.5. The van der Waals surface area contributed by atoms with Crippen LogP contribution >= 0.6 is 0 Å². The van der Waals surface area contributed by atoms with E-state index < -0.39 is 18.1 Å². The lowest BCUT2D eigenvalue weighted by molar-refractivity contribution is -0.887. The van der Waals surface area contributed by atoms with Crippen LogP contribution in [0.15, 0.2) is 72.9 Å². The van der Waals surface area contributed by atoms with Crippen molar-refractivity contribution in [1.82, 2.24) is 0 Å². The SMILES string of the molecule is CC/C=C/C=C/C=C/C=C/CCCCCCCC(=O)OC(COCCC(C(=O)O)[N+](C)(C)C)COC(=O)CCCCCCC/C=C/C/C=C/CC. The summed E-state index contributed by atoms with van der Waals surface area (Å²) in [4.78, 5) is 36.8. The van der Waals surface area contributed by atoms with Crippen molar-refractivity contribution in [3.05, 3.63) is 72.9 Å². The summed E-state index contributed by atoms with van der Waals surface area (Å²) >= 11 is 0. The summed E-state index contributed by atoms with van der Waals surface area (Å²) in [5, 5.41) is 9.59. The molecule has 8 nitrogen and oxygen atoms in total. The zero-order valence-corrected chi connectivity index (χ0v) is 32.8. The number of rotatable bonds is 33. The number of nitrogens with zero attached hydrogens (tertiary/aromatic N) is 1. The molecule has 0 aromatic carbocycles. The molecule has 0 rings (SSSR count). The van der Waals surface area contributed by atoms with Crippen LogP contribution in [0.25, 0.3) is 0 Å². The molecule has 2 unspecified atom stereocenters. The molecule has 2 atom stereocenters. The number of hydrogen-bond acceptors (Lipinski definition) is 6. The number of allylic oxidation sites excluding steroid dienone is 12. The van der Waals surface area contributed by atoms with E-state index in [1.807, 2.05) is 51.5 Å². The predicted molar refractivity (Wildman–Crippen MR) is 210 cm³/mol. The number of ether oxygens (including phenoxy) is 3. The molecule has 51 heavy (non-hydrogen) atoms. The van der Waals surface area contributed by atoms with Gasteiger partial charge >= 0.3 is 17.9 Å². The largest absolute Gasteiger partial charge is 0.477 e. The van der Waals surface area contributed by atoms with Crippen LogP contribution in [0.2, 0.25) is 0 Å². The van der Waals surface area contributed by atoms with E-state index >= 15 is 0 Å². The monoisotopic (exact) mass is 715 g/mol. The second kappa shape index (κ2) is 33.9. The second-order valence-electron chi connectivity index (χ2n) is 13.9. The second-order valence-corrected chi connectivity index (χ2v) is 13.9. The molecular formula is C43H72NO7+. The highest BCUT2D eigenvalue weighted by Crippen LogP contribution is 2.12. The van der Waals surface area contributed by atoms with Crippen molar-refractivity contribution < 1.29 is 38.2 Å². The molecular weight excluding hydrogens is 642 g/mol. The summed E-state index contributed by atoms with van der Waals surface area (Å²) in [7, 11) is 5.49. The Kier molecular flexibility index (Phi) is 31.7. The minimum absolute atomic E-state index is 0.0424. The molecule has 0 aliphatic heterocycles. The van der Waals surface area contributed by atoms with Crippen molar-refractivity contribution in [2.75, 3.05) is 41.0 Å². The maximum atomic E-state index is 12.7. The van der Waals surface area contributed by atoms with Crippen LogP contribution in [0.1, 0.15) is 129 Å². The van der Waals surface area contributed by atoms with Gasteiger partial charge in [-0.25, -0.2) is 4.79 Å². The highest BCUT2D eigenvalue weighted by Gasteiger charge is 2.31. The third kappa shape index (κ3) is 32.4. The Morgan fingerprint density at radius 2 is 1.14 bits per heavy atom. The number of carboxylic acids is 1. The smallest absolute Gasteiger partial charge is 0.362 e. The number of likely N-dealkylation sites (N-methyl/N-ethyl adjacent to an activating group) is 1. The van der Waals surface area contributed by atoms with Crippen LogP contribution in [0.3, 0.4) is 0 Å². The van der Waals surface area contributed by atoms with Crippen LogP contribution in [-0.2, 0) is 28.6 Å². The third-order valence-electron chi connectivity index (χ3n) is 8.20. The van der Waals surface area contributed by atoms with Crippen molar-refractivity contribution >= 4 is 17.9 Å². The van der Waals surface area contributed by atoms with Gasteiger partial charge in [0.2, 0.25) is 0 Å². The standard InChI is InChI=1S/C43H71NO7/c1-6-8-10-12-14-16-18-20-21-22-24-26-28-30-32-34-42(46)51-39(37-49-36-35-40(43(47)48)44(3,4)5)38-50-41(45)33-31-29-27-25-23-19-17-15-13-11-9-7-2/h8-12,14-18,20-21,39-40H,6-7,13,19,22-38H2,1-5H3/p+1/b10-8+,11-9+,14-12+,17-15+,18-16+,21-20+. The Hall–Kier alpha value is -3.23. The molecule has 0 aromatic heterocycles. The average molecular weight is 715 g/mol. The minimum atomic E-state index is -0.886. The van der Waals surface area contributed by atoms with Crippen LogP contribution in [0.5, 0.6) is 0 Å². The van der Waals surface area contributed by atoms with Gasteiger partial charge in [0.25, 0.3) is 0 Å². The quantitative estimate of drug-likeness (QED) is 0.0238. The minimum Gasteiger partial charge on any atom is -0.477 e. The van der Waals surface area contributed by atoms with Gasteiger partial charge in [-0.15, -0.1) is 0 Å². The van der Waals surface area contributed by atoms with Gasteiger partial charge in [-0.2, -0.15) is 0 Å². The van der Waals surface area contributed by atoms with Crippen LogP contribution in [0, 0.1) is 0 Å². The maximum absolute atomic E-state index is 12.7. The molecule has 290 valence electrons. The number of aliphatic carboxylic acids is 1. The van der Waals surface area contributed by atoms with Crippen molar-refractivity contribution in [3.63, 3.8) is 0 Å². The van der Waals surface area contributed by atoms with Gasteiger partial charge in [0.05, 0.1) is 34.4 Å². The number of unbranched alkanes of at least 4 members (excludes halogenated alkanes) is 10. The molecule has 0 heterocycles. The summed E-state index contributed by atoms with van der Waals surface area (Å²) in [6.45, 7) is 4.41. The molecule has 1 N–H and O–H groups in total. The predicted octanol–water partition coefficient (Wildman–Crippen LogP) is 10.0. The van der Waals surface area contributed by atoms with Crippen LogP contribution in [0.4, 0.5) is 0 Å². The van der Waals surface area contributed by atoms with E-state index in [1.165, 1.54) is 0 Å². The molecule has 0 saturated carbocycles. The zero-order chi connectivity index (χ0) is 37.8. The Morgan fingerprint density at radius 1 is 0.608 bits per heavy atom. The summed E-state index contributed by atoms with van der Waals surface area (Å²) in [5.74, 6) is -1.53. The van der Waals surface area contributed by atoms with Gasteiger partial charge in [0.15, 0.2) is 12.1 Å². The zero-order valence-electron chi connectivity index (χ0n) is 32.8. The topological polar surface area (TPSA) is 99.1 Å². The van der Waals surface area contributed by atoms with Gasteiger partial charge in [-0.3, -0.25) is 9.59 Å². The summed E-state index contributed by atoms with van der Waals surface area (Å²) in [5.41, 5.74) is 0. The van der Waals surface area contributed by atoms with Crippen LogP contribution < -0.4 is 0 Å². The highest BCUT2D eigenvalue weighted by molar-refractivity contribution is 5.72. The number of carboxylic acid groups (broad SMARTS) is 1. The third-order valence-corrected chi connectivity index (χ3v) is 8.20. The molecule has 0 amide bonds. The summed E-state index contributed by atoms with van der Waals surface area (Å²) in [6, 6.07) is -0.624. The lowest BCUT2D eigenvalue weighted by atomic mass is 10.1. The van der Waals surface area contributed by atoms with Gasteiger partial charge < -0.3 is 23.8 Å². The van der Waals surface area contributed by atoms with E-state index in [1.54, 1.807) is 0 Å². The first-order valence-corrected chi connectivity index (χ1v) is 19.5. The molecule has 0 radical (unpaired) electrons. The van der Waals surface area contributed by atoms with Gasteiger partial charge in [0.1, 0.15) is 6.61 Å². The van der Waals surface area contributed by atoms with E-state index in [0.29, 0.717) is 19.3 Å². The fourth-order valence-corrected chi connectivity index (χ4v) is 5.20. The molecule has 0 aliphatic rings. The Bertz CT molecular complexity index is 1060. The van der Waals surface area contributed by atoms with Gasteiger partial charge in [-0.1, -0.05) is 125 Å². The van der Waals surface area contributed by atoms with Crippen LogP contribution in [-0.4, -0.2) is 80.6 Å². The van der Waals surface area contributed by atoms with E-state index in [4.69, 9.17) is 14.2 Å². The maximum Gasteiger partial charge on any atom is 0.362 e. The molecule has 0 saturated heterocycles. The number of carbonyl (C=O) groups is 3. The van der Waals surface area contributed by atoms with Gasteiger partial charge in [-0.05, 0) is 57.8 Å². The first kappa shape index (κ1) is 47.8. The molecule has 0 fully saturated rings. The number of carbonyl (C=O) groups excluding carboxylic acids is 2. The Labute approximate surface area is 311 Å². The Morgan fingerprint density at radius 3 is 1.75 bits per heavy atom. The molecule has 8 heteroatoms. The highest BCUT2D eigenvalue weighted by atomic mass is 16.6. The van der Waals surface area contributed by atoms with Crippen molar-refractivity contribution in [1.29, 1.82) is 0 Å². The molecule has 0 spiro atoms. The number of hydrogen-bond donors (Lipinski definition) is 1. The van der Waals surface area contributed by atoms with Gasteiger partial charge in [0, 0.05) is 19.3 Å². The summed E-state index contributed by atoms with van der Waals surface area (Å²) < 4.78 is 17.2. The van der Waals surface area contributed by atoms with E-state index in [0.717, 1.165) is 96.3 Å². The fraction of sp³-hybridized carbons (Fsp3) is 0.651. The molecule has 0 bridgehead atoms. The Balaban J connectivity index is 4.50. The van der Waals surface area contributed by atoms with Crippen molar-refractivity contribution in [2.24, 2.45) is 0 Å². The van der Waals surface area contributed by atoms with E-state index in [-0.39, 0.29) is 36.2 Å². The molecule has 0 aliphatic carbocycles. The lowest BCUT2D eigenvalue weighted by Crippen LogP contribution is -2.50. The lowest BCUT2D eigenvalue weighted by Gasteiger charge is -2.31. The molecule has 0 aromatic rings. The van der Waals surface area contributed by atoms with E-state index in [9.17, 15) is 19.5 Å². The number of quaternary nitrogens is 1. The fourth-order valence-electron chi connectivity index (χ4n) is 5.20. The van der Waals surface area contributed by atoms with E-state index in [2.05, 4.69) is 56.4 Å². The number of esters is 2. The average Bonchev–Trinajstić information content (AvgIpc) is 3.08. The van der Waals surface area contributed by atoms with Crippen molar-refractivity contribution in [3.8, 4) is 0 Å². The summed E-state index contributed by atoms with van der Waals surface area (Å²) in [6.07, 6.45) is 40.9.